The molecule has 5 fully saturated rings. The Labute approximate surface area is 318 Å². The Morgan fingerprint density at radius 3 is 2.30 bits per heavy atom. The number of ether oxygens (including phenoxy) is 1. The first-order valence-electron chi connectivity index (χ1n) is 20.7. The maximum atomic E-state index is 14.3. The van der Waals surface area contributed by atoms with E-state index < -0.39 is 11.4 Å². The van der Waals surface area contributed by atoms with Crippen molar-refractivity contribution >= 4 is 17.8 Å². The Morgan fingerprint density at radius 2 is 1.64 bits per heavy atom. The molecule has 0 aromatic heterocycles. The van der Waals surface area contributed by atoms with E-state index in [0.717, 1.165) is 56.9 Å². The minimum absolute atomic E-state index is 0.0380. The molecule has 0 spiro atoms. The number of esters is 1. The third kappa shape index (κ3) is 6.81. The summed E-state index contributed by atoms with van der Waals surface area (Å²) in [4.78, 5) is 38.4. The summed E-state index contributed by atoms with van der Waals surface area (Å²) in [6, 6.07) is 5.22. The lowest BCUT2D eigenvalue weighted by Crippen LogP contribution is -2.67. The van der Waals surface area contributed by atoms with Crippen LogP contribution in [0.1, 0.15) is 150 Å². The zero-order chi connectivity index (χ0) is 38.9. The van der Waals surface area contributed by atoms with Gasteiger partial charge in [-0.15, -0.1) is 0 Å². The molecule has 5 saturated carbocycles. The largest absolute Gasteiger partial charge is 0.481 e. The highest BCUT2D eigenvalue weighted by molar-refractivity contribution is 5.77. The summed E-state index contributed by atoms with van der Waals surface area (Å²) in [5.41, 5.74) is 2.24. The number of allylic oxidation sites excluding steroid dienone is 1. The van der Waals surface area contributed by atoms with E-state index in [1.807, 2.05) is 19.9 Å². The summed E-state index contributed by atoms with van der Waals surface area (Å²) in [6.45, 7) is 24.9. The Morgan fingerprint density at radius 1 is 0.925 bits per heavy atom. The lowest BCUT2D eigenvalue weighted by Gasteiger charge is -2.73. The van der Waals surface area contributed by atoms with Crippen LogP contribution in [0, 0.1) is 74.8 Å². The zero-order valence-corrected chi connectivity index (χ0v) is 34.3. The average Bonchev–Trinajstić information content (AvgIpc) is 3.42. The highest BCUT2D eigenvalue weighted by atomic mass is 19.1. The Balaban J connectivity index is 1.21. The third-order valence-electron chi connectivity index (χ3n) is 16.9. The van der Waals surface area contributed by atoms with E-state index in [1.165, 1.54) is 24.5 Å². The second kappa shape index (κ2) is 13.8. The molecule has 0 unspecified atom stereocenters. The van der Waals surface area contributed by atoms with Gasteiger partial charge in [0.25, 0.3) is 0 Å². The molecule has 0 saturated heterocycles. The summed E-state index contributed by atoms with van der Waals surface area (Å²) >= 11 is 0. The lowest BCUT2D eigenvalue weighted by atomic mass is 9.32. The van der Waals surface area contributed by atoms with Gasteiger partial charge in [0.2, 0.25) is 5.91 Å². The molecule has 5 aliphatic carbocycles. The maximum Gasteiger partial charge on any atom is 0.306 e. The summed E-state index contributed by atoms with van der Waals surface area (Å²) in [5, 5.41) is 12.5. The molecule has 6 rings (SSSR count). The number of hydrogen-bond acceptors (Lipinski definition) is 4. The van der Waals surface area contributed by atoms with Crippen LogP contribution in [0.25, 0.3) is 0 Å². The van der Waals surface area contributed by atoms with Gasteiger partial charge in [-0.25, -0.2) is 4.39 Å². The molecule has 1 amide bonds. The molecular formula is C46H68FNO5. The van der Waals surface area contributed by atoms with Gasteiger partial charge < -0.3 is 15.2 Å². The van der Waals surface area contributed by atoms with Crippen molar-refractivity contribution in [2.24, 2.45) is 62.1 Å². The smallest absolute Gasteiger partial charge is 0.306 e. The molecule has 294 valence electrons. The molecule has 0 heterocycles. The third-order valence-corrected chi connectivity index (χ3v) is 16.9. The normalized spacial score (nSPS) is 38.8. The fourth-order valence-corrected chi connectivity index (χ4v) is 14.2. The van der Waals surface area contributed by atoms with Crippen molar-refractivity contribution in [3.63, 3.8) is 0 Å². The van der Waals surface area contributed by atoms with E-state index in [0.29, 0.717) is 48.1 Å². The van der Waals surface area contributed by atoms with Gasteiger partial charge in [-0.05, 0) is 152 Å². The number of amides is 1. The Bertz CT molecular complexity index is 1630. The van der Waals surface area contributed by atoms with Crippen LogP contribution in [0.5, 0.6) is 0 Å². The molecule has 1 aromatic carbocycles. The molecule has 0 radical (unpaired) electrons. The highest BCUT2D eigenvalue weighted by Crippen LogP contribution is 2.78. The van der Waals surface area contributed by atoms with Crippen LogP contribution in [-0.2, 0) is 25.7 Å². The highest BCUT2D eigenvalue weighted by Gasteiger charge is 2.71. The molecule has 10 atom stereocenters. The van der Waals surface area contributed by atoms with E-state index in [4.69, 9.17) is 4.74 Å². The summed E-state index contributed by atoms with van der Waals surface area (Å²) < 4.78 is 20.5. The second-order valence-corrected chi connectivity index (χ2v) is 20.8. The zero-order valence-electron chi connectivity index (χ0n) is 34.3. The van der Waals surface area contributed by atoms with E-state index >= 15 is 0 Å². The van der Waals surface area contributed by atoms with Crippen molar-refractivity contribution in [3.05, 3.63) is 47.3 Å². The second-order valence-electron chi connectivity index (χ2n) is 20.8. The van der Waals surface area contributed by atoms with Gasteiger partial charge in [-0.2, -0.15) is 0 Å². The Kier molecular flexibility index (Phi) is 10.4. The molecule has 53 heavy (non-hydrogen) atoms. The van der Waals surface area contributed by atoms with Crippen molar-refractivity contribution in [1.82, 2.24) is 5.32 Å². The number of aryl methyl sites for hydroxylation is 1. The summed E-state index contributed by atoms with van der Waals surface area (Å²) in [7, 11) is 0. The molecule has 5 aliphatic rings. The number of nitrogens with one attached hydrogen (secondary N) is 1. The molecule has 1 aromatic rings. The fraction of sp³-hybridized carbons (Fsp3) is 0.761. The number of aliphatic carboxylic acids is 1. The SMILES string of the molecule is C=C(C)[C@@H]1CC[C@]2(CC(=O)NCc3ccc(C)c(F)c3)CC[C@]3(C)[C@H](CC[C@@H]4[C@@]5(C)CC[C@H](OC(=O)CC(C)(C)CC(=O)O)C(C)(C)[C@@H]5CC[C@]43C)[C@@H]12. The van der Waals surface area contributed by atoms with Gasteiger partial charge in [0.1, 0.15) is 11.9 Å². The van der Waals surface area contributed by atoms with Crippen LogP contribution in [0.4, 0.5) is 4.39 Å². The quantitative estimate of drug-likeness (QED) is 0.184. The van der Waals surface area contributed by atoms with Crippen LogP contribution >= 0.6 is 0 Å². The predicted molar refractivity (Wildman–Crippen MR) is 207 cm³/mol. The fourth-order valence-electron chi connectivity index (χ4n) is 14.2. The molecule has 0 aliphatic heterocycles. The van der Waals surface area contributed by atoms with Gasteiger partial charge in [0, 0.05) is 18.4 Å². The van der Waals surface area contributed by atoms with Crippen molar-refractivity contribution < 1.29 is 28.6 Å². The van der Waals surface area contributed by atoms with Crippen LogP contribution in [0.2, 0.25) is 0 Å². The number of rotatable bonds is 10. The van der Waals surface area contributed by atoms with Crippen molar-refractivity contribution in [2.75, 3.05) is 0 Å². The Hall–Kier alpha value is -2.70. The topological polar surface area (TPSA) is 92.7 Å². The molecule has 0 bridgehead atoms. The minimum Gasteiger partial charge on any atom is -0.481 e. The maximum absolute atomic E-state index is 14.3. The van der Waals surface area contributed by atoms with Crippen molar-refractivity contribution in [3.8, 4) is 0 Å². The lowest BCUT2D eigenvalue weighted by molar-refractivity contribution is -0.250. The number of halogens is 1. The first-order valence-corrected chi connectivity index (χ1v) is 20.7. The molecule has 6 nitrogen and oxygen atoms in total. The number of benzene rings is 1. The van der Waals surface area contributed by atoms with Gasteiger partial charge in [0.15, 0.2) is 0 Å². The number of hydrogen-bond donors (Lipinski definition) is 2. The first kappa shape index (κ1) is 40.0. The summed E-state index contributed by atoms with van der Waals surface area (Å²) in [6.07, 6.45) is 11.3. The van der Waals surface area contributed by atoms with Crippen LogP contribution in [-0.4, -0.2) is 29.1 Å². The van der Waals surface area contributed by atoms with E-state index in [9.17, 15) is 23.9 Å². The monoisotopic (exact) mass is 734 g/mol. The molecule has 7 heteroatoms. The summed E-state index contributed by atoms with van der Waals surface area (Å²) in [5.74, 6) is 1.06. The first-order chi connectivity index (χ1) is 24.6. The number of carboxylic acids is 1. The number of carbonyl (C=O) groups is 3. The van der Waals surface area contributed by atoms with Crippen LogP contribution in [0.3, 0.4) is 0 Å². The van der Waals surface area contributed by atoms with E-state index in [2.05, 4.69) is 53.4 Å². The molecular weight excluding hydrogens is 666 g/mol. The van der Waals surface area contributed by atoms with Crippen molar-refractivity contribution in [1.29, 1.82) is 0 Å². The van der Waals surface area contributed by atoms with Crippen molar-refractivity contribution in [2.45, 2.75) is 158 Å². The van der Waals surface area contributed by atoms with Gasteiger partial charge in [0.05, 0.1) is 12.8 Å². The van der Waals surface area contributed by atoms with Gasteiger partial charge in [-0.1, -0.05) is 72.8 Å². The minimum atomic E-state index is -0.893. The standard InChI is InChI=1S/C46H68FNO5/c1-28(2)31-15-20-46(24-37(49)48-27-30-12-11-29(3)33(47)23-30)22-21-44(9)32(40(31)46)13-14-35-43(8)18-17-36(42(6,7)34(43)16-19-45(35,44)10)53-39(52)26-41(4,5)25-38(50)51/h11-12,23,31-32,34-36,40H,1,13-22,24-27H2,2-10H3,(H,48,49)(H,50,51)/t31-,32+,34-,35+,36-,40+,43-,44+,45+,46+/m0/s1. The van der Waals surface area contributed by atoms with Gasteiger partial charge in [-0.3, -0.25) is 14.4 Å². The van der Waals surface area contributed by atoms with E-state index in [-0.39, 0.29) is 63.7 Å². The van der Waals surface area contributed by atoms with Gasteiger partial charge >= 0.3 is 11.9 Å². The predicted octanol–water partition coefficient (Wildman–Crippen LogP) is 10.6. The average molecular weight is 734 g/mol. The number of carboxylic acid groups (broad SMARTS) is 1. The van der Waals surface area contributed by atoms with Crippen LogP contribution in [0.15, 0.2) is 30.4 Å². The van der Waals surface area contributed by atoms with E-state index in [1.54, 1.807) is 13.0 Å². The number of fused-ring (bicyclic) bond motifs is 7. The number of carbonyl (C=O) groups excluding carboxylic acids is 2. The van der Waals surface area contributed by atoms with Crippen LogP contribution < -0.4 is 5.32 Å². The molecule has 2 N–H and O–H groups in total.